The lowest BCUT2D eigenvalue weighted by atomic mass is 9.80. The summed E-state index contributed by atoms with van der Waals surface area (Å²) in [4.78, 5) is 26.4. The zero-order chi connectivity index (χ0) is 39.4. The van der Waals surface area contributed by atoms with Gasteiger partial charge in [-0.25, -0.2) is 9.59 Å². The van der Waals surface area contributed by atoms with E-state index in [0.717, 1.165) is 0 Å². The molecule has 2 atom stereocenters. The van der Waals surface area contributed by atoms with Crippen molar-refractivity contribution in [3.63, 3.8) is 0 Å². The van der Waals surface area contributed by atoms with Crippen LogP contribution in [0.3, 0.4) is 0 Å². The Morgan fingerprint density at radius 3 is 1.26 bits per heavy atom. The minimum absolute atomic E-state index is 0.0673. The first-order valence-corrected chi connectivity index (χ1v) is 16.9. The van der Waals surface area contributed by atoms with Crippen molar-refractivity contribution in [1.82, 2.24) is 0 Å². The molecule has 4 aromatic rings. The molecule has 0 fully saturated rings. The van der Waals surface area contributed by atoms with Gasteiger partial charge in [0, 0.05) is 13.2 Å². The van der Waals surface area contributed by atoms with Crippen molar-refractivity contribution in [2.24, 2.45) is 11.8 Å². The Labute approximate surface area is 313 Å². The van der Waals surface area contributed by atoms with E-state index in [9.17, 15) is 30.0 Å². The smallest absolute Gasteiger partial charge is 0.343 e. The van der Waals surface area contributed by atoms with Crippen molar-refractivity contribution in [3.05, 3.63) is 82.9 Å². The van der Waals surface area contributed by atoms with E-state index in [0.29, 0.717) is 48.3 Å². The highest BCUT2D eigenvalue weighted by atomic mass is 16.6. The van der Waals surface area contributed by atoms with Crippen LogP contribution in [0.4, 0.5) is 0 Å². The number of carbonyl (C=O) groups excluding carboxylic acids is 2. The van der Waals surface area contributed by atoms with Crippen LogP contribution in [0.1, 0.15) is 44.7 Å². The van der Waals surface area contributed by atoms with Gasteiger partial charge in [-0.05, 0) is 97.2 Å². The van der Waals surface area contributed by atoms with Crippen LogP contribution >= 0.6 is 0 Å². The summed E-state index contributed by atoms with van der Waals surface area (Å²) in [6, 6.07) is 15.0. The van der Waals surface area contributed by atoms with Gasteiger partial charge in [-0.3, -0.25) is 0 Å². The lowest BCUT2D eigenvalue weighted by Crippen LogP contribution is -2.24. The molecule has 0 spiro atoms. The highest BCUT2D eigenvalue weighted by Gasteiger charge is 2.25. The Morgan fingerprint density at radius 1 is 0.537 bits per heavy atom. The van der Waals surface area contributed by atoms with E-state index in [1.54, 1.807) is 18.2 Å². The number of ether oxygens (including phenoxy) is 8. The lowest BCUT2D eigenvalue weighted by Gasteiger charge is -2.26. The number of rotatable bonds is 19. The number of methoxy groups -OCH3 is 6. The molecule has 0 heterocycles. The van der Waals surface area contributed by atoms with Crippen molar-refractivity contribution in [1.29, 1.82) is 0 Å². The topological polar surface area (TPSA) is 189 Å². The maximum Gasteiger partial charge on any atom is 0.343 e. The molecule has 0 saturated heterocycles. The third kappa shape index (κ3) is 9.76. The van der Waals surface area contributed by atoms with Gasteiger partial charge in [-0.1, -0.05) is 12.1 Å². The van der Waals surface area contributed by atoms with E-state index in [1.807, 2.05) is 0 Å². The molecule has 0 unspecified atom stereocenters. The molecular weight excluding hydrogens is 704 g/mol. The summed E-state index contributed by atoms with van der Waals surface area (Å²) in [6.45, 7) is -0.291. The minimum Gasteiger partial charge on any atom is -0.504 e. The molecule has 14 nitrogen and oxygen atoms in total. The summed E-state index contributed by atoms with van der Waals surface area (Å²) < 4.78 is 43.2. The van der Waals surface area contributed by atoms with Crippen LogP contribution in [0.2, 0.25) is 0 Å². The average molecular weight is 751 g/mol. The number of aliphatic hydroxyl groups is 2. The summed E-state index contributed by atoms with van der Waals surface area (Å²) in [7, 11) is 8.56. The van der Waals surface area contributed by atoms with Crippen LogP contribution in [-0.2, 0) is 12.8 Å². The van der Waals surface area contributed by atoms with E-state index in [-0.39, 0.29) is 82.2 Å². The first-order chi connectivity index (χ1) is 26.0. The van der Waals surface area contributed by atoms with E-state index in [2.05, 4.69) is 0 Å². The molecule has 0 aliphatic carbocycles. The fourth-order valence-corrected chi connectivity index (χ4v) is 6.09. The Bertz CT molecular complexity index is 1860. The number of aromatic hydroxyl groups is 2. The molecule has 54 heavy (non-hydrogen) atoms. The molecule has 0 bridgehead atoms. The molecular formula is C40H46O14. The molecule has 0 aliphatic rings. The number of benzene rings is 4. The van der Waals surface area contributed by atoms with Crippen molar-refractivity contribution >= 4 is 11.9 Å². The van der Waals surface area contributed by atoms with Gasteiger partial charge >= 0.3 is 11.9 Å². The largest absolute Gasteiger partial charge is 0.504 e. The van der Waals surface area contributed by atoms with Crippen LogP contribution in [0.25, 0.3) is 0 Å². The normalized spacial score (nSPS) is 11.9. The number of hydrogen-bond donors (Lipinski definition) is 4. The summed E-state index contributed by atoms with van der Waals surface area (Å²) in [5.41, 5.74) is 1.55. The monoisotopic (exact) mass is 750 g/mol. The number of phenols is 2. The van der Waals surface area contributed by atoms with Crippen LogP contribution in [-0.4, -0.2) is 88.2 Å². The van der Waals surface area contributed by atoms with Gasteiger partial charge in [-0.2, -0.15) is 0 Å². The minimum atomic E-state index is -0.782. The lowest BCUT2D eigenvalue weighted by molar-refractivity contribution is 0.0719. The fourth-order valence-electron chi connectivity index (χ4n) is 6.09. The van der Waals surface area contributed by atoms with Gasteiger partial charge in [0.1, 0.15) is 0 Å². The second-order valence-electron chi connectivity index (χ2n) is 12.2. The standard InChI is InChI=1S/C40H46O14/c1-47-33-18-26(19-34(48-2)37(33)51-5)39(45)53-31-16-23(9-11-29(31)43)14-25(8-7-13-41)28(22-42)15-24-10-12-30(44)32(17-24)54-40(46)27-20-35(49-3)38(52-6)36(21-27)50-4/h9-12,16-21,25,28,41-44H,7-8,13-15,22H2,1-6H3/t25-,28+/m0/s1. The second kappa shape index (κ2) is 19.3. The first kappa shape index (κ1) is 40.9. The van der Waals surface area contributed by atoms with Gasteiger partial charge in [0.2, 0.25) is 11.5 Å². The van der Waals surface area contributed by atoms with Crippen molar-refractivity contribution in [3.8, 4) is 57.5 Å². The Balaban J connectivity index is 1.54. The summed E-state index contributed by atoms with van der Waals surface area (Å²) in [6.07, 6.45) is 1.70. The summed E-state index contributed by atoms with van der Waals surface area (Å²) in [5, 5.41) is 41.5. The van der Waals surface area contributed by atoms with Crippen LogP contribution in [0, 0.1) is 11.8 Å². The predicted molar refractivity (Wildman–Crippen MR) is 196 cm³/mol. The van der Waals surface area contributed by atoms with Gasteiger partial charge in [0.25, 0.3) is 0 Å². The van der Waals surface area contributed by atoms with Gasteiger partial charge < -0.3 is 58.3 Å². The number of carbonyl (C=O) groups is 2. The highest BCUT2D eigenvalue weighted by molar-refractivity contribution is 5.93. The van der Waals surface area contributed by atoms with E-state index < -0.39 is 11.9 Å². The number of hydrogen-bond acceptors (Lipinski definition) is 14. The van der Waals surface area contributed by atoms with E-state index in [4.69, 9.17) is 37.9 Å². The van der Waals surface area contributed by atoms with Crippen LogP contribution in [0.5, 0.6) is 57.5 Å². The van der Waals surface area contributed by atoms with Crippen molar-refractivity contribution < 1.29 is 67.9 Å². The molecule has 0 aliphatic heterocycles. The van der Waals surface area contributed by atoms with E-state index >= 15 is 0 Å². The zero-order valence-electron chi connectivity index (χ0n) is 31.0. The third-order valence-corrected chi connectivity index (χ3v) is 8.88. The molecule has 4 N–H and O–H groups in total. The SMILES string of the molecule is COc1cc(C(=O)Oc2cc(C[C@H](CO)[C@@H](CCCO)Cc3ccc(O)c(OC(=O)c4cc(OC)c(OC)c(OC)c4)c3)ccc2O)cc(OC)c1OC. The summed E-state index contributed by atoms with van der Waals surface area (Å²) >= 11 is 0. The van der Waals surface area contributed by atoms with Gasteiger partial charge in [0.05, 0.1) is 53.8 Å². The molecule has 4 rings (SSSR count). The maximum absolute atomic E-state index is 13.2. The number of phenolic OH excluding ortho intramolecular Hbond substituents is 2. The molecule has 0 amide bonds. The third-order valence-electron chi connectivity index (χ3n) is 8.88. The molecule has 0 saturated carbocycles. The van der Waals surface area contributed by atoms with Crippen molar-refractivity contribution in [2.75, 3.05) is 55.9 Å². The molecule has 0 radical (unpaired) electrons. The molecule has 14 heteroatoms. The van der Waals surface area contributed by atoms with Gasteiger partial charge in [0.15, 0.2) is 46.0 Å². The maximum atomic E-state index is 13.2. The highest BCUT2D eigenvalue weighted by Crippen LogP contribution is 2.41. The van der Waals surface area contributed by atoms with E-state index in [1.165, 1.54) is 85.1 Å². The second-order valence-corrected chi connectivity index (χ2v) is 12.2. The molecule has 0 aromatic heterocycles. The van der Waals surface area contributed by atoms with Gasteiger partial charge in [-0.15, -0.1) is 0 Å². The van der Waals surface area contributed by atoms with Crippen LogP contribution < -0.4 is 37.9 Å². The summed E-state index contributed by atoms with van der Waals surface area (Å²) in [5.74, 6) is -1.20. The average Bonchev–Trinajstić information content (AvgIpc) is 3.19. The Kier molecular flexibility index (Phi) is 14.6. The van der Waals surface area contributed by atoms with Crippen molar-refractivity contribution in [2.45, 2.75) is 25.7 Å². The Morgan fingerprint density at radius 2 is 0.926 bits per heavy atom. The Hall–Kier alpha value is -5.86. The quantitative estimate of drug-likeness (QED) is 0.0707. The predicted octanol–water partition coefficient (Wildman–Crippen LogP) is 5.37. The number of aliphatic hydroxyl groups excluding tert-OH is 2. The zero-order valence-corrected chi connectivity index (χ0v) is 31.0. The molecule has 290 valence electrons. The number of esters is 2. The fraction of sp³-hybridized carbons (Fsp3) is 0.350. The first-order valence-electron chi connectivity index (χ1n) is 16.9. The molecule has 4 aromatic carbocycles. The van der Waals surface area contributed by atoms with Crippen LogP contribution in [0.15, 0.2) is 60.7 Å².